The van der Waals surface area contributed by atoms with Crippen LogP contribution in [-0.2, 0) is 6.54 Å². The summed E-state index contributed by atoms with van der Waals surface area (Å²) in [6.45, 7) is 3.80. The van der Waals surface area contributed by atoms with E-state index in [-0.39, 0.29) is 0 Å². The first kappa shape index (κ1) is 17.0. The predicted molar refractivity (Wildman–Crippen MR) is 106 cm³/mol. The van der Waals surface area contributed by atoms with Crippen LogP contribution in [0.2, 0.25) is 0 Å². The molecule has 0 atom stereocenters. The molecule has 7 heteroatoms. The predicted octanol–water partition coefficient (Wildman–Crippen LogP) is 3.49. The van der Waals surface area contributed by atoms with E-state index >= 15 is 0 Å². The second-order valence-electron chi connectivity index (χ2n) is 6.31. The van der Waals surface area contributed by atoms with Gasteiger partial charge in [0.1, 0.15) is 25.2 Å². The van der Waals surface area contributed by atoms with Gasteiger partial charge in [0.15, 0.2) is 23.1 Å². The summed E-state index contributed by atoms with van der Waals surface area (Å²) < 4.78 is 11.2. The van der Waals surface area contributed by atoms with Gasteiger partial charge in [-0.2, -0.15) is 0 Å². The number of benzene rings is 2. The molecule has 1 aromatic heterocycles. The average molecular weight is 363 g/mol. The van der Waals surface area contributed by atoms with E-state index in [1.54, 1.807) is 0 Å². The van der Waals surface area contributed by atoms with Crippen molar-refractivity contribution >= 4 is 23.0 Å². The van der Waals surface area contributed by atoms with Crippen LogP contribution in [0.5, 0.6) is 11.5 Å². The summed E-state index contributed by atoms with van der Waals surface area (Å²) in [7, 11) is 0. The third-order valence-electron chi connectivity index (χ3n) is 4.27. The molecule has 0 bridgehead atoms. The largest absolute Gasteiger partial charge is 0.486 e. The van der Waals surface area contributed by atoms with E-state index in [9.17, 15) is 0 Å². The molecule has 7 nitrogen and oxygen atoms in total. The highest BCUT2D eigenvalue weighted by Crippen LogP contribution is 2.34. The molecule has 138 valence electrons. The van der Waals surface area contributed by atoms with E-state index in [1.807, 2.05) is 18.2 Å². The van der Waals surface area contributed by atoms with Crippen LogP contribution in [0.3, 0.4) is 0 Å². The standard InChI is InChI=1S/C20H21N5O2/c1-13-2-4-14(5-3-13)11-22-19-18(21)20(24-12-23-19)25-15-6-7-16-17(10-15)27-9-8-26-16/h2-7,10,12H,8-9,11,21H2,1H3,(H2,22,23,24,25). The number of nitrogen functional groups attached to an aromatic ring is 1. The van der Waals surface area contributed by atoms with Crippen molar-refractivity contribution in [1.29, 1.82) is 0 Å². The molecule has 1 aliphatic rings. The molecule has 0 fully saturated rings. The van der Waals surface area contributed by atoms with Gasteiger partial charge in [0.25, 0.3) is 0 Å². The Morgan fingerprint density at radius 3 is 2.52 bits per heavy atom. The fourth-order valence-electron chi connectivity index (χ4n) is 2.79. The monoisotopic (exact) mass is 363 g/mol. The van der Waals surface area contributed by atoms with E-state index in [0.29, 0.717) is 42.8 Å². The molecule has 1 aliphatic heterocycles. The zero-order valence-corrected chi connectivity index (χ0v) is 15.0. The van der Waals surface area contributed by atoms with Crippen molar-refractivity contribution < 1.29 is 9.47 Å². The van der Waals surface area contributed by atoms with Gasteiger partial charge in [0.05, 0.1) is 0 Å². The van der Waals surface area contributed by atoms with E-state index < -0.39 is 0 Å². The molecule has 0 spiro atoms. The minimum absolute atomic E-state index is 0.458. The SMILES string of the molecule is Cc1ccc(CNc2ncnc(Nc3ccc4c(c3)OCCO4)c2N)cc1. The Kier molecular flexibility index (Phi) is 4.65. The second-order valence-corrected chi connectivity index (χ2v) is 6.31. The van der Waals surface area contributed by atoms with E-state index in [2.05, 4.69) is 51.8 Å². The Bertz CT molecular complexity index is 944. The van der Waals surface area contributed by atoms with Crippen LogP contribution < -0.4 is 25.8 Å². The highest BCUT2D eigenvalue weighted by molar-refractivity contribution is 5.78. The fourth-order valence-corrected chi connectivity index (χ4v) is 2.79. The van der Waals surface area contributed by atoms with Gasteiger partial charge >= 0.3 is 0 Å². The number of nitrogens with zero attached hydrogens (tertiary/aromatic N) is 2. The summed E-state index contributed by atoms with van der Waals surface area (Å²) in [5.74, 6) is 2.57. The lowest BCUT2D eigenvalue weighted by Crippen LogP contribution is -2.15. The summed E-state index contributed by atoms with van der Waals surface area (Å²) in [6.07, 6.45) is 1.48. The lowest BCUT2D eigenvalue weighted by Gasteiger charge is -2.19. The van der Waals surface area contributed by atoms with E-state index in [1.165, 1.54) is 11.9 Å². The number of hydrogen-bond donors (Lipinski definition) is 3. The number of nitrogens with one attached hydrogen (secondary N) is 2. The molecule has 0 saturated heterocycles. The molecule has 0 saturated carbocycles. The van der Waals surface area contributed by atoms with Crippen molar-refractivity contribution in [3.63, 3.8) is 0 Å². The van der Waals surface area contributed by atoms with Crippen LogP contribution in [0.4, 0.5) is 23.0 Å². The molecule has 2 heterocycles. The van der Waals surface area contributed by atoms with Gasteiger partial charge in [0, 0.05) is 18.3 Å². The second kappa shape index (κ2) is 7.41. The number of ether oxygens (including phenoxy) is 2. The van der Waals surface area contributed by atoms with Gasteiger partial charge in [-0.15, -0.1) is 0 Å². The molecule has 3 aromatic rings. The van der Waals surface area contributed by atoms with E-state index in [0.717, 1.165) is 17.0 Å². The van der Waals surface area contributed by atoms with Crippen molar-refractivity contribution in [3.8, 4) is 11.5 Å². The van der Waals surface area contributed by atoms with Crippen LogP contribution in [0.15, 0.2) is 48.8 Å². The maximum atomic E-state index is 6.25. The maximum absolute atomic E-state index is 6.25. The molecule has 0 unspecified atom stereocenters. The Balaban J connectivity index is 1.49. The minimum atomic E-state index is 0.458. The summed E-state index contributed by atoms with van der Waals surface area (Å²) >= 11 is 0. The first-order chi connectivity index (χ1) is 13.2. The van der Waals surface area contributed by atoms with Crippen LogP contribution in [-0.4, -0.2) is 23.2 Å². The lowest BCUT2D eigenvalue weighted by molar-refractivity contribution is 0.171. The number of fused-ring (bicyclic) bond motifs is 1. The van der Waals surface area contributed by atoms with Gasteiger partial charge in [-0.3, -0.25) is 0 Å². The van der Waals surface area contributed by atoms with Gasteiger partial charge in [0.2, 0.25) is 0 Å². The van der Waals surface area contributed by atoms with Crippen LogP contribution in [0.1, 0.15) is 11.1 Å². The van der Waals surface area contributed by atoms with Crippen LogP contribution in [0.25, 0.3) is 0 Å². The van der Waals surface area contributed by atoms with Gasteiger partial charge in [-0.1, -0.05) is 29.8 Å². The molecule has 27 heavy (non-hydrogen) atoms. The third kappa shape index (κ3) is 3.87. The highest BCUT2D eigenvalue weighted by atomic mass is 16.6. The molecule has 4 N–H and O–H groups in total. The fraction of sp³-hybridized carbons (Fsp3) is 0.200. The van der Waals surface area contributed by atoms with Gasteiger partial charge in [-0.05, 0) is 24.6 Å². The lowest BCUT2D eigenvalue weighted by atomic mass is 10.1. The zero-order valence-electron chi connectivity index (χ0n) is 15.0. The van der Waals surface area contributed by atoms with Crippen molar-refractivity contribution in [1.82, 2.24) is 9.97 Å². The smallest absolute Gasteiger partial charge is 0.163 e. The third-order valence-corrected chi connectivity index (χ3v) is 4.27. The number of nitrogens with two attached hydrogens (primary N) is 1. The number of hydrogen-bond acceptors (Lipinski definition) is 7. The average Bonchev–Trinajstić information content (AvgIpc) is 2.70. The van der Waals surface area contributed by atoms with Crippen LogP contribution in [0, 0.1) is 6.92 Å². The normalized spacial score (nSPS) is 12.5. The van der Waals surface area contributed by atoms with Gasteiger partial charge < -0.3 is 25.8 Å². The maximum Gasteiger partial charge on any atom is 0.163 e. The Hall–Kier alpha value is -3.48. The molecule has 0 radical (unpaired) electrons. The quantitative estimate of drug-likeness (QED) is 0.639. The molecular weight excluding hydrogens is 342 g/mol. The Morgan fingerprint density at radius 1 is 0.963 bits per heavy atom. The van der Waals surface area contributed by atoms with Crippen LogP contribution >= 0.6 is 0 Å². The topological polar surface area (TPSA) is 94.3 Å². The highest BCUT2D eigenvalue weighted by Gasteiger charge is 2.13. The molecule has 2 aromatic carbocycles. The summed E-state index contributed by atoms with van der Waals surface area (Å²) in [6, 6.07) is 13.9. The van der Waals surface area contributed by atoms with E-state index in [4.69, 9.17) is 15.2 Å². The molecule has 0 amide bonds. The zero-order chi connectivity index (χ0) is 18.6. The Labute approximate surface area is 157 Å². The summed E-state index contributed by atoms with van der Waals surface area (Å²) in [5, 5.41) is 6.48. The summed E-state index contributed by atoms with van der Waals surface area (Å²) in [5.41, 5.74) is 9.90. The molecule has 0 aliphatic carbocycles. The molecule has 4 rings (SSSR count). The Morgan fingerprint density at radius 2 is 1.70 bits per heavy atom. The molecular formula is C20H21N5O2. The first-order valence-electron chi connectivity index (χ1n) is 8.75. The van der Waals surface area contributed by atoms with Gasteiger partial charge in [-0.25, -0.2) is 9.97 Å². The van der Waals surface area contributed by atoms with Crippen molar-refractivity contribution in [2.45, 2.75) is 13.5 Å². The van der Waals surface area contributed by atoms with Crippen molar-refractivity contribution in [2.24, 2.45) is 0 Å². The minimum Gasteiger partial charge on any atom is -0.486 e. The van der Waals surface area contributed by atoms with Crippen molar-refractivity contribution in [2.75, 3.05) is 29.6 Å². The number of aryl methyl sites for hydroxylation is 1. The number of anilines is 4. The first-order valence-corrected chi connectivity index (χ1v) is 8.75. The number of aromatic nitrogens is 2. The number of rotatable bonds is 5. The summed E-state index contributed by atoms with van der Waals surface area (Å²) in [4.78, 5) is 8.51. The van der Waals surface area contributed by atoms with Crippen molar-refractivity contribution in [3.05, 3.63) is 59.9 Å².